The van der Waals surface area contributed by atoms with Gasteiger partial charge in [-0.25, -0.2) is 0 Å². The normalized spacial score (nSPS) is 21.6. The summed E-state index contributed by atoms with van der Waals surface area (Å²) in [6, 6.07) is 3.83. The maximum atomic E-state index is 8.76. The second-order valence-corrected chi connectivity index (χ2v) is 5.53. The van der Waals surface area contributed by atoms with E-state index in [1.807, 2.05) is 23.9 Å². The van der Waals surface area contributed by atoms with Gasteiger partial charge in [-0.1, -0.05) is 12.1 Å². The molecule has 0 aromatic carbocycles. The molecule has 1 unspecified atom stereocenters. The highest BCUT2D eigenvalue weighted by Crippen LogP contribution is 2.25. The molecule has 17 heavy (non-hydrogen) atoms. The number of hydrogen-bond donors (Lipinski definition) is 2. The zero-order chi connectivity index (χ0) is 12.3. The van der Waals surface area contributed by atoms with Crippen molar-refractivity contribution < 1.29 is 5.21 Å². The third-order valence-corrected chi connectivity index (χ3v) is 3.85. The number of anilines is 1. The average Bonchev–Trinajstić information content (AvgIpc) is 2.38. The van der Waals surface area contributed by atoms with Crippen molar-refractivity contribution in [1.82, 2.24) is 4.98 Å². The lowest BCUT2D eigenvalue weighted by Crippen LogP contribution is -2.38. The van der Waals surface area contributed by atoms with Gasteiger partial charge in [-0.05, 0) is 12.1 Å². The van der Waals surface area contributed by atoms with E-state index < -0.39 is 0 Å². The van der Waals surface area contributed by atoms with E-state index in [0.29, 0.717) is 10.9 Å². The Bertz CT molecular complexity index is 424. The molecular weight excluding hydrogens is 236 g/mol. The predicted molar refractivity (Wildman–Crippen MR) is 70.9 cm³/mol. The topological polar surface area (TPSA) is 74.7 Å². The number of nitrogens with zero attached hydrogens (tertiary/aromatic N) is 3. The molecule has 0 aliphatic carbocycles. The summed E-state index contributed by atoms with van der Waals surface area (Å²) in [6.45, 7) is 4.13. The minimum Gasteiger partial charge on any atom is -0.409 e. The van der Waals surface area contributed by atoms with Crippen molar-refractivity contribution in [3.05, 3.63) is 24.0 Å². The Morgan fingerprint density at radius 2 is 2.53 bits per heavy atom. The summed E-state index contributed by atoms with van der Waals surface area (Å²) in [4.78, 5) is 6.42. The van der Waals surface area contributed by atoms with Crippen LogP contribution >= 0.6 is 11.8 Å². The van der Waals surface area contributed by atoms with Crippen molar-refractivity contribution >= 4 is 23.3 Å². The van der Waals surface area contributed by atoms with Gasteiger partial charge < -0.3 is 15.8 Å². The average molecular weight is 252 g/mol. The van der Waals surface area contributed by atoms with Crippen LogP contribution in [0.15, 0.2) is 23.5 Å². The van der Waals surface area contributed by atoms with E-state index in [0.717, 1.165) is 24.5 Å². The Kier molecular flexibility index (Phi) is 3.73. The van der Waals surface area contributed by atoms with Gasteiger partial charge in [0.2, 0.25) is 0 Å². The standard InChI is InChI=1S/C11H16N4OS/c1-8-7-15(5-6-17-8)9-3-2-4-13-10(9)11(12)14-16/h2-4,8,16H,5-7H2,1H3,(H2,12,14). The van der Waals surface area contributed by atoms with Gasteiger partial charge >= 0.3 is 0 Å². The Morgan fingerprint density at radius 3 is 3.24 bits per heavy atom. The first-order chi connectivity index (χ1) is 8.22. The molecule has 2 rings (SSSR count). The predicted octanol–water partition coefficient (Wildman–Crippen LogP) is 1.12. The number of nitrogens with two attached hydrogens (primary N) is 1. The van der Waals surface area contributed by atoms with Gasteiger partial charge in [-0.2, -0.15) is 11.8 Å². The van der Waals surface area contributed by atoms with Crippen LogP contribution in [0.5, 0.6) is 0 Å². The molecule has 0 radical (unpaired) electrons. The van der Waals surface area contributed by atoms with Gasteiger partial charge in [0.15, 0.2) is 5.84 Å². The van der Waals surface area contributed by atoms with Crippen LogP contribution in [0.2, 0.25) is 0 Å². The van der Waals surface area contributed by atoms with E-state index in [2.05, 4.69) is 22.0 Å². The summed E-state index contributed by atoms with van der Waals surface area (Å²) in [5.41, 5.74) is 7.13. The van der Waals surface area contributed by atoms with E-state index in [9.17, 15) is 0 Å². The fourth-order valence-corrected chi connectivity index (χ4v) is 2.95. The van der Waals surface area contributed by atoms with Crippen LogP contribution in [-0.2, 0) is 0 Å². The minimum atomic E-state index is 0.0616. The lowest BCUT2D eigenvalue weighted by atomic mass is 10.2. The zero-order valence-electron chi connectivity index (χ0n) is 9.71. The number of thioether (sulfide) groups is 1. The highest BCUT2D eigenvalue weighted by atomic mass is 32.2. The summed E-state index contributed by atoms with van der Waals surface area (Å²) in [7, 11) is 0. The van der Waals surface area contributed by atoms with Gasteiger partial charge in [-0.3, -0.25) is 4.98 Å². The molecule has 0 saturated carbocycles. The van der Waals surface area contributed by atoms with Crippen molar-refractivity contribution in [1.29, 1.82) is 0 Å². The fraction of sp³-hybridized carbons (Fsp3) is 0.455. The first kappa shape index (κ1) is 12.0. The number of pyridine rings is 1. The highest BCUT2D eigenvalue weighted by molar-refractivity contribution is 8.00. The molecule has 1 aromatic rings. The van der Waals surface area contributed by atoms with E-state index in [-0.39, 0.29) is 5.84 Å². The Balaban J connectivity index is 2.31. The zero-order valence-corrected chi connectivity index (χ0v) is 10.5. The SMILES string of the molecule is CC1CN(c2cccnc2/C(N)=N/O)CCS1. The quantitative estimate of drug-likeness (QED) is 0.357. The summed E-state index contributed by atoms with van der Waals surface area (Å²) >= 11 is 1.96. The maximum absolute atomic E-state index is 8.76. The lowest BCUT2D eigenvalue weighted by Gasteiger charge is -2.33. The number of oxime groups is 1. The third-order valence-electron chi connectivity index (χ3n) is 2.72. The van der Waals surface area contributed by atoms with Crippen LogP contribution in [0.25, 0.3) is 0 Å². The molecule has 1 aliphatic heterocycles. The molecule has 0 bridgehead atoms. The van der Waals surface area contributed by atoms with Gasteiger partial charge in [0.05, 0.1) is 5.69 Å². The Morgan fingerprint density at radius 1 is 1.71 bits per heavy atom. The largest absolute Gasteiger partial charge is 0.409 e. The van der Waals surface area contributed by atoms with E-state index in [1.54, 1.807) is 6.20 Å². The smallest absolute Gasteiger partial charge is 0.190 e. The summed E-state index contributed by atoms with van der Waals surface area (Å²) in [5.74, 6) is 1.15. The minimum absolute atomic E-state index is 0.0616. The third kappa shape index (κ3) is 2.63. The number of aromatic nitrogens is 1. The second kappa shape index (κ2) is 5.27. The monoisotopic (exact) mass is 252 g/mol. The molecule has 0 amide bonds. The number of amidine groups is 1. The van der Waals surface area contributed by atoms with E-state index >= 15 is 0 Å². The molecule has 1 aliphatic rings. The molecule has 1 fully saturated rings. The van der Waals surface area contributed by atoms with Crippen LogP contribution in [0.1, 0.15) is 12.6 Å². The molecule has 6 heteroatoms. The van der Waals surface area contributed by atoms with Gasteiger partial charge in [-0.15, -0.1) is 0 Å². The summed E-state index contributed by atoms with van der Waals surface area (Å²) in [5, 5.41) is 12.4. The van der Waals surface area contributed by atoms with Crippen LogP contribution in [-0.4, -0.2) is 40.1 Å². The number of hydrogen-bond acceptors (Lipinski definition) is 5. The van der Waals surface area contributed by atoms with E-state index in [4.69, 9.17) is 10.9 Å². The van der Waals surface area contributed by atoms with Gasteiger partial charge in [0.25, 0.3) is 0 Å². The van der Waals surface area contributed by atoms with E-state index in [1.165, 1.54) is 0 Å². The Hall–Kier alpha value is -1.43. The fourth-order valence-electron chi connectivity index (χ4n) is 1.93. The molecule has 1 atom stereocenters. The van der Waals surface area contributed by atoms with Crippen LogP contribution in [0, 0.1) is 0 Å². The molecule has 92 valence electrons. The van der Waals surface area contributed by atoms with Crippen molar-refractivity contribution in [2.45, 2.75) is 12.2 Å². The second-order valence-electron chi connectivity index (χ2n) is 3.98. The van der Waals surface area contributed by atoms with Crippen LogP contribution in [0.3, 0.4) is 0 Å². The molecule has 0 spiro atoms. The Labute approximate surface area is 105 Å². The first-order valence-corrected chi connectivity index (χ1v) is 6.56. The van der Waals surface area contributed by atoms with Gasteiger partial charge in [0.1, 0.15) is 5.69 Å². The molecule has 1 aromatic heterocycles. The van der Waals surface area contributed by atoms with Crippen LogP contribution < -0.4 is 10.6 Å². The molecule has 2 heterocycles. The van der Waals surface area contributed by atoms with Crippen molar-refractivity contribution in [2.24, 2.45) is 10.9 Å². The molecule has 5 nitrogen and oxygen atoms in total. The van der Waals surface area contributed by atoms with Crippen molar-refractivity contribution in [3.8, 4) is 0 Å². The number of rotatable bonds is 2. The van der Waals surface area contributed by atoms with Crippen molar-refractivity contribution in [2.75, 3.05) is 23.7 Å². The van der Waals surface area contributed by atoms with Crippen molar-refractivity contribution in [3.63, 3.8) is 0 Å². The van der Waals surface area contributed by atoms with Crippen LogP contribution in [0.4, 0.5) is 5.69 Å². The first-order valence-electron chi connectivity index (χ1n) is 5.52. The molecule has 1 saturated heterocycles. The molecular formula is C11H16N4OS. The summed E-state index contributed by atoms with van der Waals surface area (Å²) < 4.78 is 0. The summed E-state index contributed by atoms with van der Waals surface area (Å²) in [6.07, 6.45) is 1.65. The highest BCUT2D eigenvalue weighted by Gasteiger charge is 2.20. The lowest BCUT2D eigenvalue weighted by molar-refractivity contribution is 0.318. The van der Waals surface area contributed by atoms with Gasteiger partial charge in [0, 0.05) is 30.3 Å². The maximum Gasteiger partial charge on any atom is 0.190 e. The molecule has 3 N–H and O–H groups in total.